The minimum absolute atomic E-state index is 0.252. The van der Waals surface area contributed by atoms with Crippen LogP contribution in [0.1, 0.15) is 31.2 Å². The zero-order valence-corrected chi connectivity index (χ0v) is 10.2. The molecule has 0 spiro atoms. The van der Waals surface area contributed by atoms with Crippen molar-refractivity contribution in [2.75, 3.05) is 6.61 Å². The second kappa shape index (κ2) is 5.83. The molecular weight excluding hydrogens is 231 g/mol. The summed E-state index contributed by atoms with van der Waals surface area (Å²) in [5.74, 6) is 0.540. The number of halogens is 1. The molecule has 96 valence electrons. The highest BCUT2D eigenvalue weighted by atomic mass is 19.1. The van der Waals surface area contributed by atoms with Gasteiger partial charge in [0.25, 0.3) is 0 Å². The van der Waals surface area contributed by atoms with Crippen molar-refractivity contribution >= 4 is 0 Å². The van der Waals surface area contributed by atoms with Gasteiger partial charge in [0.1, 0.15) is 17.6 Å². The van der Waals surface area contributed by atoms with Crippen molar-refractivity contribution in [3.05, 3.63) is 29.6 Å². The van der Waals surface area contributed by atoms with E-state index < -0.39 is 5.82 Å². The van der Waals surface area contributed by atoms with Crippen molar-refractivity contribution in [2.45, 2.75) is 31.7 Å². The second-order valence-electron chi connectivity index (χ2n) is 4.84. The SMILES string of the molecule is N#Cc1cc(F)ccc1OCC1CCC(N)CC1. The number of ether oxygens (including phenoxy) is 1. The van der Waals surface area contributed by atoms with Crippen LogP contribution in [0, 0.1) is 23.1 Å². The lowest BCUT2D eigenvalue weighted by Gasteiger charge is -2.26. The first kappa shape index (κ1) is 12.8. The summed E-state index contributed by atoms with van der Waals surface area (Å²) in [7, 11) is 0. The van der Waals surface area contributed by atoms with Gasteiger partial charge in [-0.05, 0) is 49.8 Å². The van der Waals surface area contributed by atoms with E-state index in [1.54, 1.807) is 0 Å². The summed E-state index contributed by atoms with van der Waals surface area (Å²) in [5, 5.41) is 8.90. The Kier molecular flexibility index (Phi) is 4.16. The molecule has 0 radical (unpaired) electrons. The molecule has 4 heteroatoms. The molecule has 1 fully saturated rings. The van der Waals surface area contributed by atoms with Crippen LogP contribution in [0.3, 0.4) is 0 Å². The minimum Gasteiger partial charge on any atom is -0.492 e. The van der Waals surface area contributed by atoms with E-state index in [0.29, 0.717) is 24.3 Å². The third-order valence-corrected chi connectivity index (χ3v) is 3.43. The molecule has 1 aliphatic rings. The highest BCUT2D eigenvalue weighted by Gasteiger charge is 2.19. The summed E-state index contributed by atoms with van der Waals surface area (Å²) in [6, 6.07) is 6.30. The van der Waals surface area contributed by atoms with Crippen LogP contribution in [0.4, 0.5) is 4.39 Å². The monoisotopic (exact) mass is 248 g/mol. The van der Waals surface area contributed by atoms with Crippen LogP contribution in [-0.4, -0.2) is 12.6 Å². The molecule has 2 rings (SSSR count). The lowest BCUT2D eigenvalue weighted by atomic mass is 9.87. The minimum atomic E-state index is -0.414. The first-order valence-corrected chi connectivity index (χ1v) is 6.27. The fourth-order valence-electron chi connectivity index (χ4n) is 2.28. The quantitative estimate of drug-likeness (QED) is 0.894. The van der Waals surface area contributed by atoms with E-state index in [4.69, 9.17) is 15.7 Å². The van der Waals surface area contributed by atoms with Crippen LogP contribution in [-0.2, 0) is 0 Å². The van der Waals surface area contributed by atoms with Gasteiger partial charge < -0.3 is 10.5 Å². The predicted octanol–water partition coefficient (Wildman–Crippen LogP) is 2.59. The van der Waals surface area contributed by atoms with Crippen LogP contribution in [0.15, 0.2) is 18.2 Å². The van der Waals surface area contributed by atoms with Gasteiger partial charge in [-0.15, -0.1) is 0 Å². The third-order valence-electron chi connectivity index (χ3n) is 3.43. The highest BCUT2D eigenvalue weighted by Crippen LogP contribution is 2.25. The lowest BCUT2D eigenvalue weighted by Crippen LogP contribution is -2.28. The van der Waals surface area contributed by atoms with Crippen molar-refractivity contribution in [3.8, 4) is 11.8 Å². The fraction of sp³-hybridized carbons (Fsp3) is 0.500. The number of hydrogen-bond donors (Lipinski definition) is 1. The Bertz CT molecular complexity index is 448. The van der Waals surface area contributed by atoms with Crippen molar-refractivity contribution in [3.63, 3.8) is 0 Å². The summed E-state index contributed by atoms with van der Waals surface area (Å²) in [6.07, 6.45) is 4.18. The first-order valence-electron chi connectivity index (χ1n) is 6.27. The normalized spacial score (nSPS) is 23.4. The van der Waals surface area contributed by atoms with E-state index >= 15 is 0 Å². The van der Waals surface area contributed by atoms with Crippen LogP contribution < -0.4 is 10.5 Å². The molecule has 0 unspecified atom stereocenters. The number of rotatable bonds is 3. The highest BCUT2D eigenvalue weighted by molar-refractivity contribution is 5.43. The molecule has 0 aliphatic heterocycles. The van der Waals surface area contributed by atoms with Crippen molar-refractivity contribution < 1.29 is 9.13 Å². The van der Waals surface area contributed by atoms with Crippen molar-refractivity contribution in [2.24, 2.45) is 11.7 Å². The van der Waals surface area contributed by atoms with Crippen molar-refractivity contribution in [1.29, 1.82) is 5.26 Å². The Morgan fingerprint density at radius 1 is 1.33 bits per heavy atom. The number of nitrogens with two attached hydrogens (primary N) is 1. The Morgan fingerprint density at radius 3 is 2.72 bits per heavy atom. The molecule has 1 saturated carbocycles. The maximum atomic E-state index is 13.0. The van der Waals surface area contributed by atoms with E-state index in [2.05, 4.69) is 0 Å². The van der Waals surface area contributed by atoms with E-state index in [1.807, 2.05) is 6.07 Å². The third kappa shape index (κ3) is 3.21. The first-order chi connectivity index (χ1) is 8.69. The van der Waals surface area contributed by atoms with Crippen LogP contribution in [0.5, 0.6) is 5.75 Å². The number of nitrogens with zero attached hydrogens (tertiary/aromatic N) is 1. The van der Waals surface area contributed by atoms with Gasteiger partial charge in [0.15, 0.2) is 0 Å². The summed E-state index contributed by atoms with van der Waals surface area (Å²) < 4.78 is 18.6. The molecule has 18 heavy (non-hydrogen) atoms. The lowest BCUT2D eigenvalue weighted by molar-refractivity contribution is 0.200. The van der Waals surface area contributed by atoms with E-state index in [0.717, 1.165) is 25.7 Å². The second-order valence-corrected chi connectivity index (χ2v) is 4.84. The van der Waals surface area contributed by atoms with Crippen LogP contribution in [0.2, 0.25) is 0 Å². The number of nitriles is 1. The number of hydrogen-bond acceptors (Lipinski definition) is 3. The molecule has 1 aromatic carbocycles. The standard InChI is InChI=1S/C14H17FN2O/c15-12-3-6-14(11(7-12)8-16)18-9-10-1-4-13(17)5-2-10/h3,6-7,10,13H,1-2,4-5,9,17H2. The molecule has 3 nitrogen and oxygen atoms in total. The Labute approximate surface area is 106 Å². The van der Waals surface area contributed by atoms with Gasteiger partial charge in [-0.2, -0.15) is 5.26 Å². The van der Waals surface area contributed by atoms with Gasteiger partial charge in [-0.1, -0.05) is 0 Å². The molecule has 1 aliphatic carbocycles. The molecule has 0 heterocycles. The summed E-state index contributed by atoms with van der Waals surface area (Å²) in [4.78, 5) is 0. The molecule has 0 saturated heterocycles. The van der Waals surface area contributed by atoms with Gasteiger partial charge >= 0.3 is 0 Å². The van der Waals surface area contributed by atoms with Gasteiger partial charge in [-0.3, -0.25) is 0 Å². The van der Waals surface area contributed by atoms with Crippen LogP contribution in [0.25, 0.3) is 0 Å². The van der Waals surface area contributed by atoms with Crippen molar-refractivity contribution in [1.82, 2.24) is 0 Å². The number of benzene rings is 1. The van der Waals surface area contributed by atoms with E-state index in [-0.39, 0.29) is 5.56 Å². The molecule has 2 N–H and O–H groups in total. The molecule has 0 amide bonds. The molecule has 1 aromatic rings. The van der Waals surface area contributed by atoms with E-state index in [1.165, 1.54) is 18.2 Å². The molecule has 0 bridgehead atoms. The maximum Gasteiger partial charge on any atom is 0.137 e. The zero-order valence-electron chi connectivity index (χ0n) is 10.2. The van der Waals surface area contributed by atoms with Gasteiger partial charge in [0.2, 0.25) is 0 Å². The zero-order chi connectivity index (χ0) is 13.0. The Hall–Kier alpha value is -1.60. The van der Waals surface area contributed by atoms with E-state index in [9.17, 15) is 4.39 Å². The summed E-state index contributed by atoms with van der Waals surface area (Å²) in [5.41, 5.74) is 6.09. The van der Waals surface area contributed by atoms with Gasteiger partial charge in [0, 0.05) is 6.04 Å². The molecule has 0 aromatic heterocycles. The summed E-state index contributed by atoms with van der Waals surface area (Å²) in [6.45, 7) is 0.576. The average Bonchev–Trinajstić information content (AvgIpc) is 2.39. The van der Waals surface area contributed by atoms with Crippen LogP contribution >= 0.6 is 0 Å². The summed E-state index contributed by atoms with van der Waals surface area (Å²) >= 11 is 0. The topological polar surface area (TPSA) is 59.0 Å². The smallest absolute Gasteiger partial charge is 0.137 e. The molecular formula is C14H17FN2O. The maximum absolute atomic E-state index is 13.0. The van der Waals surface area contributed by atoms with Gasteiger partial charge in [0.05, 0.1) is 12.2 Å². The fourth-order valence-corrected chi connectivity index (χ4v) is 2.28. The average molecular weight is 248 g/mol. The molecule has 0 atom stereocenters. The Morgan fingerprint density at radius 2 is 2.06 bits per heavy atom. The van der Waals surface area contributed by atoms with Gasteiger partial charge in [-0.25, -0.2) is 4.39 Å². The predicted molar refractivity (Wildman–Crippen MR) is 66.5 cm³/mol. The largest absolute Gasteiger partial charge is 0.492 e. The Balaban J connectivity index is 1.92.